The topological polar surface area (TPSA) is 3.24 Å². The molecular formula is C57H63N. The fraction of sp³-hybridized carbons (Fsp3) is 0.368. The maximum absolute atomic E-state index is 2.81. The van der Waals surface area contributed by atoms with Crippen LogP contribution in [0, 0.1) is 13.8 Å². The molecule has 0 unspecified atom stereocenters. The molecule has 0 saturated heterocycles. The lowest BCUT2D eigenvalue weighted by Gasteiger charge is -2.48. The fourth-order valence-corrected chi connectivity index (χ4v) is 11.2. The van der Waals surface area contributed by atoms with Crippen molar-refractivity contribution in [2.24, 2.45) is 0 Å². The Hall–Kier alpha value is -4.88. The van der Waals surface area contributed by atoms with E-state index in [1.807, 2.05) is 0 Å². The van der Waals surface area contributed by atoms with Crippen molar-refractivity contribution < 1.29 is 0 Å². The predicted molar refractivity (Wildman–Crippen MR) is 250 cm³/mol. The molecule has 0 heterocycles. The number of nitrogens with zero attached hydrogens (tertiary/aromatic N) is 1. The molecular weight excluding hydrogens is 699 g/mol. The summed E-state index contributed by atoms with van der Waals surface area (Å²) in [4.78, 5) is 2.81. The molecule has 3 aliphatic rings. The maximum atomic E-state index is 2.81. The van der Waals surface area contributed by atoms with Crippen molar-refractivity contribution in [3.05, 3.63) is 160 Å². The van der Waals surface area contributed by atoms with Gasteiger partial charge < -0.3 is 4.90 Å². The summed E-state index contributed by atoms with van der Waals surface area (Å²) in [6, 6.07) is 44.3. The molecule has 0 spiro atoms. The van der Waals surface area contributed by atoms with Gasteiger partial charge in [-0.05, 0) is 146 Å². The Morgan fingerprint density at radius 3 is 1.40 bits per heavy atom. The van der Waals surface area contributed by atoms with Crippen LogP contribution in [0.3, 0.4) is 0 Å². The van der Waals surface area contributed by atoms with Crippen molar-refractivity contribution in [2.75, 3.05) is 4.90 Å². The van der Waals surface area contributed by atoms with Gasteiger partial charge in [-0.15, -0.1) is 0 Å². The monoisotopic (exact) mass is 761 g/mol. The lowest BCUT2D eigenvalue weighted by Crippen LogP contribution is -2.38. The van der Waals surface area contributed by atoms with Gasteiger partial charge in [-0.1, -0.05) is 172 Å². The highest BCUT2D eigenvalue weighted by molar-refractivity contribution is 5.97. The highest BCUT2D eigenvalue weighted by atomic mass is 15.2. The smallest absolute Gasteiger partial charge is 0.0544 e. The van der Waals surface area contributed by atoms with Gasteiger partial charge in [0, 0.05) is 11.0 Å². The van der Waals surface area contributed by atoms with Crippen LogP contribution in [0.2, 0.25) is 0 Å². The molecule has 6 aromatic carbocycles. The van der Waals surface area contributed by atoms with Gasteiger partial charge in [0.2, 0.25) is 0 Å². The maximum Gasteiger partial charge on any atom is 0.0544 e. The summed E-state index contributed by atoms with van der Waals surface area (Å²) in [5.41, 5.74) is 23.2. The second-order valence-corrected chi connectivity index (χ2v) is 21.2. The zero-order valence-electron chi connectivity index (χ0n) is 37.2. The molecule has 0 aromatic heterocycles. The van der Waals surface area contributed by atoms with E-state index in [0.29, 0.717) is 0 Å². The number of benzene rings is 6. The quantitative estimate of drug-likeness (QED) is 0.169. The van der Waals surface area contributed by atoms with Gasteiger partial charge in [0.1, 0.15) is 0 Å². The summed E-state index contributed by atoms with van der Waals surface area (Å²) in [5.74, 6) is 0. The molecule has 0 amide bonds. The van der Waals surface area contributed by atoms with E-state index < -0.39 is 0 Å². The summed E-state index contributed by atoms with van der Waals surface area (Å²) in [5, 5.41) is 0. The minimum Gasteiger partial charge on any atom is -0.309 e. The lowest BCUT2D eigenvalue weighted by molar-refractivity contribution is 0.331. The molecule has 0 atom stereocenters. The highest BCUT2D eigenvalue weighted by Gasteiger charge is 2.45. The van der Waals surface area contributed by atoms with Crippen LogP contribution in [-0.2, 0) is 27.1 Å². The van der Waals surface area contributed by atoms with Crippen molar-refractivity contribution in [1.29, 1.82) is 0 Å². The predicted octanol–water partition coefficient (Wildman–Crippen LogP) is 16.1. The van der Waals surface area contributed by atoms with Crippen molar-refractivity contribution in [1.82, 2.24) is 0 Å². The lowest BCUT2D eigenvalue weighted by atomic mass is 9.61. The Labute approximate surface area is 349 Å². The Morgan fingerprint density at radius 1 is 0.379 bits per heavy atom. The van der Waals surface area contributed by atoms with Crippen molar-refractivity contribution in [3.63, 3.8) is 0 Å². The van der Waals surface area contributed by atoms with Crippen LogP contribution < -0.4 is 4.90 Å². The van der Waals surface area contributed by atoms with Crippen LogP contribution in [0.5, 0.6) is 0 Å². The summed E-state index contributed by atoms with van der Waals surface area (Å²) in [7, 11) is 0. The number of fused-ring (bicyclic) bond motifs is 5. The molecule has 3 aliphatic carbocycles. The number of hydrogen-bond donors (Lipinski definition) is 0. The molecule has 0 radical (unpaired) electrons. The minimum absolute atomic E-state index is 0.00821. The van der Waals surface area contributed by atoms with E-state index in [2.05, 4.69) is 203 Å². The first-order valence-electron chi connectivity index (χ1n) is 21.9. The molecule has 0 aliphatic heterocycles. The van der Waals surface area contributed by atoms with E-state index in [1.54, 1.807) is 0 Å². The van der Waals surface area contributed by atoms with Crippen LogP contribution in [0.25, 0.3) is 33.4 Å². The molecule has 58 heavy (non-hydrogen) atoms. The summed E-state index contributed by atoms with van der Waals surface area (Å²) >= 11 is 0. The second kappa shape index (κ2) is 13.1. The van der Waals surface area contributed by atoms with Gasteiger partial charge >= 0.3 is 0 Å². The normalized spacial score (nSPS) is 18.8. The van der Waals surface area contributed by atoms with Gasteiger partial charge in [0.25, 0.3) is 0 Å². The SMILES string of the molecule is Cc1ccc2c(c1N(c1cc3c(cc1-c1ccc(-c4ccccc4)cc1)-c1ccccc1C3(C)C)c1c(C)ccc3c1C(C)(C)CCC3(C)C)C(C)(C)CCC2(C)C. The van der Waals surface area contributed by atoms with Crippen LogP contribution in [0.4, 0.5) is 17.1 Å². The van der Waals surface area contributed by atoms with E-state index in [4.69, 9.17) is 0 Å². The van der Waals surface area contributed by atoms with E-state index in [0.717, 1.165) is 12.8 Å². The van der Waals surface area contributed by atoms with Gasteiger partial charge in [-0.25, -0.2) is 0 Å². The second-order valence-electron chi connectivity index (χ2n) is 21.2. The molecule has 0 N–H and O–H groups in total. The van der Waals surface area contributed by atoms with E-state index in [-0.39, 0.29) is 27.1 Å². The molecule has 1 nitrogen and oxygen atoms in total. The average Bonchev–Trinajstić information content (AvgIpc) is 3.41. The molecule has 0 fully saturated rings. The average molecular weight is 762 g/mol. The first-order valence-corrected chi connectivity index (χ1v) is 21.9. The number of hydrogen-bond acceptors (Lipinski definition) is 1. The highest BCUT2D eigenvalue weighted by Crippen LogP contribution is 2.60. The first-order chi connectivity index (χ1) is 27.3. The Kier molecular flexibility index (Phi) is 8.70. The van der Waals surface area contributed by atoms with Crippen molar-refractivity contribution in [2.45, 2.75) is 136 Å². The van der Waals surface area contributed by atoms with Crippen molar-refractivity contribution in [3.8, 4) is 33.4 Å². The minimum atomic E-state index is -0.152. The third-order valence-electron chi connectivity index (χ3n) is 15.0. The number of rotatable bonds is 5. The molecule has 296 valence electrons. The Morgan fingerprint density at radius 2 is 0.845 bits per heavy atom. The van der Waals surface area contributed by atoms with Crippen LogP contribution in [-0.4, -0.2) is 0 Å². The van der Waals surface area contributed by atoms with Crippen molar-refractivity contribution >= 4 is 17.1 Å². The van der Waals surface area contributed by atoms with Gasteiger partial charge in [-0.2, -0.15) is 0 Å². The fourth-order valence-electron chi connectivity index (χ4n) is 11.2. The molecule has 9 rings (SSSR count). The standard InChI is InChI=1S/C57H63N/c1-36-22-28-45-49(55(7,8)32-30-53(45,3)4)51(36)58(52-37(2)23-29-46-50(52)56(9,10)33-31-54(46,5)6)48-35-47-43(41-20-16-17-21-44(41)57(47,11)12)34-42(48)40-26-24-39(25-27-40)38-18-14-13-15-19-38/h13-29,34-35H,30-33H2,1-12H3. The third kappa shape index (κ3) is 5.85. The summed E-state index contributed by atoms with van der Waals surface area (Å²) in [6.45, 7) is 29.5. The van der Waals surface area contributed by atoms with E-state index in [9.17, 15) is 0 Å². The van der Waals surface area contributed by atoms with Gasteiger partial charge in [0.15, 0.2) is 0 Å². The largest absolute Gasteiger partial charge is 0.309 e. The van der Waals surface area contributed by atoms with Crippen LogP contribution >= 0.6 is 0 Å². The molecule has 6 aromatic rings. The zero-order valence-corrected chi connectivity index (χ0v) is 37.2. The molecule has 0 bridgehead atoms. The zero-order chi connectivity index (χ0) is 41.2. The molecule has 1 heteroatoms. The number of anilines is 3. The van der Waals surface area contributed by atoms with E-state index >= 15 is 0 Å². The Balaban J connectivity index is 1.45. The van der Waals surface area contributed by atoms with Crippen LogP contribution in [0.15, 0.2) is 115 Å². The van der Waals surface area contributed by atoms with Gasteiger partial charge in [0.05, 0.1) is 17.1 Å². The third-order valence-corrected chi connectivity index (χ3v) is 15.0. The number of aryl methyl sites for hydroxylation is 2. The van der Waals surface area contributed by atoms with E-state index in [1.165, 1.54) is 108 Å². The summed E-state index contributed by atoms with van der Waals surface area (Å²) < 4.78 is 0. The van der Waals surface area contributed by atoms with Crippen LogP contribution in [0.1, 0.15) is 139 Å². The Bertz CT molecular complexity index is 2510. The first kappa shape index (κ1) is 38.6. The molecule has 0 saturated carbocycles. The van der Waals surface area contributed by atoms with Gasteiger partial charge in [-0.3, -0.25) is 0 Å². The summed E-state index contributed by atoms with van der Waals surface area (Å²) in [6.07, 6.45) is 4.67.